The molecule has 0 spiro atoms. The van der Waals surface area contributed by atoms with Gasteiger partial charge in [-0.3, -0.25) is 4.90 Å². The Labute approximate surface area is 206 Å². The van der Waals surface area contributed by atoms with Crippen molar-refractivity contribution in [2.75, 3.05) is 16.8 Å². The largest absolute Gasteiger partial charge is 0.439 e. The Bertz CT molecular complexity index is 1470. The third kappa shape index (κ3) is 5.17. The van der Waals surface area contributed by atoms with E-state index in [1.165, 1.54) is 11.2 Å². The predicted molar refractivity (Wildman–Crippen MR) is 122 cm³/mol. The standard InChI is InChI=1S/C23H18F4N8O2/c1-13-31-32-33-35(13)11-16-10-21(29-12-28-16)37-17-3-5-20-14(8-17)6-7-34(20)22(36)30-15-2-4-19(24)18(9-15)23(25,26)27/h2-5,8-10,12H,6-7,11H2,1H3,(H,30,36). The van der Waals surface area contributed by atoms with Crippen LogP contribution in [-0.4, -0.2) is 42.8 Å². The topological polar surface area (TPSA) is 111 Å². The molecule has 3 heterocycles. The molecule has 2 aromatic heterocycles. The van der Waals surface area contributed by atoms with Gasteiger partial charge >= 0.3 is 12.2 Å². The zero-order valence-corrected chi connectivity index (χ0v) is 19.2. The van der Waals surface area contributed by atoms with Gasteiger partial charge in [-0.2, -0.15) is 13.2 Å². The highest BCUT2D eigenvalue weighted by molar-refractivity contribution is 6.03. The van der Waals surface area contributed by atoms with Crippen LogP contribution in [-0.2, 0) is 19.1 Å². The molecule has 2 aromatic carbocycles. The van der Waals surface area contributed by atoms with E-state index in [1.54, 1.807) is 35.9 Å². The van der Waals surface area contributed by atoms with E-state index in [2.05, 4.69) is 30.8 Å². The van der Waals surface area contributed by atoms with Crippen molar-refractivity contribution in [1.82, 2.24) is 30.2 Å². The first-order valence-electron chi connectivity index (χ1n) is 11.0. The van der Waals surface area contributed by atoms with E-state index >= 15 is 0 Å². The average Bonchev–Trinajstić information content (AvgIpc) is 3.45. The first kappa shape index (κ1) is 24.1. The van der Waals surface area contributed by atoms with Gasteiger partial charge in [-0.25, -0.2) is 23.8 Å². The van der Waals surface area contributed by atoms with Crippen molar-refractivity contribution < 1.29 is 27.1 Å². The van der Waals surface area contributed by atoms with Gasteiger partial charge in [0.15, 0.2) is 0 Å². The van der Waals surface area contributed by atoms with E-state index in [-0.39, 0.29) is 5.69 Å². The Morgan fingerprint density at radius 1 is 1.14 bits per heavy atom. The summed E-state index contributed by atoms with van der Waals surface area (Å²) in [4.78, 5) is 22.5. The summed E-state index contributed by atoms with van der Waals surface area (Å²) in [6, 6.07) is 8.42. The highest BCUT2D eigenvalue weighted by Crippen LogP contribution is 2.35. The number of halogens is 4. The third-order valence-corrected chi connectivity index (χ3v) is 5.66. The van der Waals surface area contributed by atoms with Gasteiger partial charge in [0.05, 0.1) is 17.8 Å². The Hall–Kier alpha value is -4.62. The van der Waals surface area contributed by atoms with Crippen LogP contribution in [0, 0.1) is 12.7 Å². The Morgan fingerprint density at radius 3 is 2.73 bits per heavy atom. The predicted octanol–water partition coefficient (Wildman–Crippen LogP) is 4.36. The molecule has 0 fully saturated rings. The molecule has 0 radical (unpaired) electrons. The Morgan fingerprint density at radius 2 is 1.97 bits per heavy atom. The molecule has 14 heteroatoms. The van der Waals surface area contributed by atoms with Gasteiger partial charge in [-0.05, 0) is 65.7 Å². The summed E-state index contributed by atoms with van der Waals surface area (Å²) < 4.78 is 60.0. The molecule has 5 rings (SSSR count). The van der Waals surface area contributed by atoms with Crippen molar-refractivity contribution >= 4 is 17.4 Å². The van der Waals surface area contributed by atoms with Gasteiger partial charge < -0.3 is 10.1 Å². The number of fused-ring (bicyclic) bond motifs is 1. The van der Waals surface area contributed by atoms with Gasteiger partial charge in [0, 0.05) is 24.0 Å². The quantitative estimate of drug-likeness (QED) is 0.394. The van der Waals surface area contributed by atoms with Crippen molar-refractivity contribution in [2.24, 2.45) is 0 Å². The van der Waals surface area contributed by atoms with E-state index < -0.39 is 23.6 Å². The lowest BCUT2D eigenvalue weighted by Crippen LogP contribution is -2.33. The maximum absolute atomic E-state index is 13.5. The maximum atomic E-state index is 13.5. The highest BCUT2D eigenvalue weighted by atomic mass is 19.4. The zero-order chi connectivity index (χ0) is 26.2. The van der Waals surface area contributed by atoms with Crippen LogP contribution in [0.4, 0.5) is 33.7 Å². The minimum absolute atomic E-state index is 0.163. The summed E-state index contributed by atoms with van der Waals surface area (Å²) in [6.45, 7) is 2.41. The molecule has 0 saturated carbocycles. The molecule has 10 nitrogen and oxygen atoms in total. The fourth-order valence-electron chi connectivity index (χ4n) is 3.85. The van der Waals surface area contributed by atoms with E-state index in [1.807, 2.05) is 0 Å². The fraction of sp³-hybridized carbons (Fsp3) is 0.217. The number of carbonyl (C=O) groups is 1. The van der Waals surface area contributed by atoms with E-state index in [0.29, 0.717) is 60.5 Å². The van der Waals surface area contributed by atoms with Crippen LogP contribution in [0.1, 0.15) is 22.6 Å². The SMILES string of the molecule is Cc1nnnn1Cc1cc(Oc2ccc3c(c2)CCN3C(=O)Nc2ccc(F)c(C(F)(F)F)c2)ncn1. The Balaban J connectivity index is 1.28. The smallest absolute Gasteiger partial charge is 0.419 e. The van der Waals surface area contributed by atoms with E-state index in [4.69, 9.17) is 4.74 Å². The van der Waals surface area contributed by atoms with E-state index in [0.717, 1.165) is 11.6 Å². The molecular weight excluding hydrogens is 496 g/mol. The molecule has 1 N–H and O–H groups in total. The van der Waals surface area contributed by atoms with Gasteiger partial charge in [-0.15, -0.1) is 5.10 Å². The number of ether oxygens (including phenoxy) is 1. The minimum Gasteiger partial charge on any atom is -0.439 e. The van der Waals surface area contributed by atoms with Gasteiger partial charge in [0.25, 0.3) is 0 Å². The average molecular weight is 514 g/mol. The molecule has 0 bridgehead atoms. The number of carbonyl (C=O) groups excluding carboxylic acids is 1. The number of urea groups is 1. The van der Waals surface area contributed by atoms with Crippen molar-refractivity contribution in [1.29, 1.82) is 0 Å². The summed E-state index contributed by atoms with van der Waals surface area (Å²) in [5.74, 6) is 0.0112. The first-order valence-corrected chi connectivity index (χ1v) is 11.0. The lowest BCUT2D eigenvalue weighted by Gasteiger charge is -2.19. The van der Waals surface area contributed by atoms with Crippen LogP contribution < -0.4 is 15.0 Å². The molecule has 190 valence electrons. The second-order valence-corrected chi connectivity index (χ2v) is 8.15. The lowest BCUT2D eigenvalue weighted by atomic mass is 10.1. The van der Waals surface area contributed by atoms with E-state index in [9.17, 15) is 22.4 Å². The van der Waals surface area contributed by atoms with Gasteiger partial charge in [-0.1, -0.05) is 0 Å². The number of nitrogens with zero attached hydrogens (tertiary/aromatic N) is 7. The van der Waals surface area contributed by atoms with Gasteiger partial charge in [0.1, 0.15) is 23.7 Å². The number of nitrogens with one attached hydrogen (secondary N) is 1. The zero-order valence-electron chi connectivity index (χ0n) is 19.2. The lowest BCUT2D eigenvalue weighted by molar-refractivity contribution is -0.139. The van der Waals surface area contributed by atoms with Gasteiger partial charge in [0.2, 0.25) is 5.88 Å². The third-order valence-electron chi connectivity index (χ3n) is 5.66. The number of amides is 2. The number of aryl methyl sites for hydroxylation is 1. The van der Waals surface area contributed by atoms with Crippen LogP contribution in [0.3, 0.4) is 0 Å². The molecule has 0 aliphatic carbocycles. The molecule has 0 atom stereocenters. The van der Waals surface area contributed by atoms with Crippen LogP contribution in [0.15, 0.2) is 48.8 Å². The summed E-state index contributed by atoms with van der Waals surface area (Å²) in [5, 5.41) is 13.7. The van der Waals surface area contributed by atoms with Crippen LogP contribution in [0.2, 0.25) is 0 Å². The minimum atomic E-state index is -4.88. The highest BCUT2D eigenvalue weighted by Gasteiger charge is 2.34. The summed E-state index contributed by atoms with van der Waals surface area (Å²) in [7, 11) is 0. The molecule has 37 heavy (non-hydrogen) atoms. The molecular formula is C23H18F4N8O2. The molecule has 1 aliphatic rings. The Kier molecular flexibility index (Phi) is 6.15. The molecule has 2 amide bonds. The fourth-order valence-corrected chi connectivity index (χ4v) is 3.85. The number of aromatic nitrogens is 6. The molecule has 1 aliphatic heterocycles. The molecule has 4 aromatic rings. The van der Waals surface area contributed by atoms with Crippen LogP contribution >= 0.6 is 0 Å². The second-order valence-electron chi connectivity index (χ2n) is 8.15. The number of anilines is 2. The monoisotopic (exact) mass is 514 g/mol. The number of hydrogen-bond donors (Lipinski definition) is 1. The van der Waals surface area contributed by atoms with Crippen molar-refractivity contribution in [3.8, 4) is 11.6 Å². The van der Waals surface area contributed by atoms with Crippen LogP contribution in [0.5, 0.6) is 11.6 Å². The number of alkyl halides is 3. The molecule has 0 saturated heterocycles. The first-order chi connectivity index (χ1) is 17.7. The number of rotatable bonds is 5. The maximum Gasteiger partial charge on any atom is 0.419 e. The number of hydrogen-bond acceptors (Lipinski definition) is 7. The summed E-state index contributed by atoms with van der Waals surface area (Å²) >= 11 is 0. The van der Waals surface area contributed by atoms with Crippen molar-refractivity contribution in [3.63, 3.8) is 0 Å². The summed E-state index contributed by atoms with van der Waals surface area (Å²) in [5.41, 5.74) is 0.416. The number of benzene rings is 2. The van der Waals surface area contributed by atoms with Crippen LogP contribution in [0.25, 0.3) is 0 Å². The van der Waals surface area contributed by atoms with Crippen molar-refractivity contribution in [2.45, 2.75) is 26.1 Å². The normalized spacial score (nSPS) is 12.9. The molecule has 0 unspecified atom stereocenters. The second kappa shape index (κ2) is 9.44. The van der Waals surface area contributed by atoms with Crippen molar-refractivity contribution in [3.05, 3.63) is 77.3 Å². The summed E-state index contributed by atoms with van der Waals surface area (Å²) in [6.07, 6.45) is -3.01. The number of tetrazole rings is 1.